The van der Waals surface area contributed by atoms with Crippen molar-refractivity contribution in [3.05, 3.63) is 52.0 Å². The largest absolute Gasteiger partial charge is 0.399 e. The lowest BCUT2D eigenvalue weighted by molar-refractivity contribution is 0.486. The number of nitrogens with one attached hydrogen (secondary N) is 1. The number of nitrogens with two attached hydrogens (primary N) is 1. The number of nitrogen functional groups attached to an aromatic ring is 1. The number of sulfonamides is 1. The van der Waals surface area contributed by atoms with Gasteiger partial charge in [-0.1, -0.05) is 22.0 Å². The molecule has 0 unspecified atom stereocenters. The topological polar surface area (TPSA) is 72.2 Å². The number of hydrogen-bond acceptors (Lipinski definition) is 3. The van der Waals surface area contributed by atoms with E-state index in [4.69, 9.17) is 5.73 Å². The van der Waals surface area contributed by atoms with Gasteiger partial charge in [0.2, 0.25) is 0 Å². The van der Waals surface area contributed by atoms with Crippen LogP contribution in [0.15, 0.2) is 39.7 Å². The average molecular weight is 377 g/mol. The molecule has 0 spiro atoms. The predicted molar refractivity (Wildman–Crippen MR) is 80.5 cm³/mol. The first-order valence-electron chi connectivity index (χ1n) is 5.74. The molecule has 0 atom stereocenters. The van der Waals surface area contributed by atoms with E-state index in [1.165, 1.54) is 12.1 Å². The van der Waals surface area contributed by atoms with Gasteiger partial charge in [0.15, 0.2) is 11.6 Å². The predicted octanol–water partition coefficient (Wildman–Crippen LogP) is 3.42. The van der Waals surface area contributed by atoms with Gasteiger partial charge in [-0.25, -0.2) is 17.2 Å². The van der Waals surface area contributed by atoms with Crippen molar-refractivity contribution in [1.29, 1.82) is 0 Å². The molecule has 2 rings (SSSR count). The second-order valence-electron chi connectivity index (χ2n) is 4.38. The molecule has 0 saturated carbocycles. The fourth-order valence-electron chi connectivity index (χ4n) is 1.65. The highest BCUT2D eigenvalue weighted by Crippen LogP contribution is 2.26. The molecule has 3 N–H and O–H groups in total. The van der Waals surface area contributed by atoms with E-state index >= 15 is 0 Å². The number of halogens is 3. The van der Waals surface area contributed by atoms with Crippen molar-refractivity contribution in [2.45, 2.75) is 11.8 Å². The Morgan fingerprint density at radius 2 is 1.86 bits per heavy atom. The lowest BCUT2D eigenvalue weighted by Crippen LogP contribution is -2.16. The SMILES string of the molecule is Cc1ccc(NS(=O)(=O)c2cc(N)cc(F)c2F)cc1Br. The maximum Gasteiger partial charge on any atom is 0.265 e. The molecule has 0 bridgehead atoms. The Bertz CT molecular complexity index is 810. The molecule has 0 aliphatic heterocycles. The second-order valence-corrected chi connectivity index (χ2v) is 6.89. The minimum absolute atomic E-state index is 0.181. The highest BCUT2D eigenvalue weighted by atomic mass is 79.9. The van der Waals surface area contributed by atoms with Crippen molar-refractivity contribution in [3.63, 3.8) is 0 Å². The molecule has 4 nitrogen and oxygen atoms in total. The molecule has 0 radical (unpaired) electrons. The normalized spacial score (nSPS) is 11.4. The summed E-state index contributed by atoms with van der Waals surface area (Å²) in [5.74, 6) is -2.79. The zero-order chi connectivity index (χ0) is 15.8. The summed E-state index contributed by atoms with van der Waals surface area (Å²) in [7, 11) is -4.28. The van der Waals surface area contributed by atoms with Gasteiger partial charge in [0, 0.05) is 15.8 Å². The summed E-state index contributed by atoms with van der Waals surface area (Å²) >= 11 is 3.26. The minimum atomic E-state index is -4.28. The van der Waals surface area contributed by atoms with Crippen LogP contribution in [0.3, 0.4) is 0 Å². The van der Waals surface area contributed by atoms with Crippen molar-refractivity contribution in [3.8, 4) is 0 Å². The average Bonchev–Trinajstić information content (AvgIpc) is 2.37. The van der Waals surface area contributed by atoms with E-state index in [1.807, 2.05) is 6.92 Å². The van der Waals surface area contributed by atoms with E-state index in [1.54, 1.807) is 6.07 Å². The van der Waals surface area contributed by atoms with Gasteiger partial charge in [-0.2, -0.15) is 0 Å². The van der Waals surface area contributed by atoms with Crippen molar-refractivity contribution >= 4 is 37.3 Å². The summed E-state index contributed by atoms with van der Waals surface area (Å²) in [5.41, 5.74) is 6.29. The number of anilines is 2. The second kappa shape index (κ2) is 5.61. The fraction of sp³-hybridized carbons (Fsp3) is 0.0769. The van der Waals surface area contributed by atoms with Crippen LogP contribution in [-0.4, -0.2) is 8.42 Å². The summed E-state index contributed by atoms with van der Waals surface area (Å²) in [4.78, 5) is -0.836. The molecule has 2 aromatic rings. The van der Waals surface area contributed by atoms with E-state index in [9.17, 15) is 17.2 Å². The maximum atomic E-state index is 13.7. The van der Waals surface area contributed by atoms with Gasteiger partial charge < -0.3 is 5.73 Å². The van der Waals surface area contributed by atoms with Gasteiger partial charge in [-0.15, -0.1) is 0 Å². The van der Waals surface area contributed by atoms with Gasteiger partial charge in [-0.3, -0.25) is 4.72 Å². The number of rotatable bonds is 3. The van der Waals surface area contributed by atoms with Crippen LogP contribution in [0.4, 0.5) is 20.2 Å². The molecule has 0 aromatic heterocycles. The summed E-state index contributed by atoms with van der Waals surface area (Å²) in [6.45, 7) is 1.83. The molecular weight excluding hydrogens is 366 g/mol. The van der Waals surface area contributed by atoms with Crippen molar-refractivity contribution in [2.75, 3.05) is 10.5 Å². The van der Waals surface area contributed by atoms with Crippen LogP contribution in [0.2, 0.25) is 0 Å². The van der Waals surface area contributed by atoms with Gasteiger partial charge in [-0.05, 0) is 36.8 Å². The van der Waals surface area contributed by atoms with Gasteiger partial charge >= 0.3 is 0 Å². The molecule has 0 aliphatic rings. The molecule has 2 aromatic carbocycles. The summed E-state index contributed by atoms with van der Waals surface area (Å²) in [6, 6.07) is 6.30. The van der Waals surface area contributed by atoms with E-state index in [0.29, 0.717) is 4.47 Å². The molecule has 112 valence electrons. The zero-order valence-corrected chi connectivity index (χ0v) is 13.2. The van der Waals surface area contributed by atoms with Crippen molar-refractivity contribution in [1.82, 2.24) is 0 Å². The Morgan fingerprint density at radius 3 is 2.48 bits per heavy atom. The highest BCUT2D eigenvalue weighted by molar-refractivity contribution is 9.10. The van der Waals surface area contributed by atoms with Crippen LogP contribution >= 0.6 is 15.9 Å². The molecule has 0 saturated heterocycles. The fourth-order valence-corrected chi connectivity index (χ4v) is 3.20. The van der Waals surface area contributed by atoms with Crippen LogP contribution < -0.4 is 10.5 Å². The van der Waals surface area contributed by atoms with Gasteiger partial charge in [0.1, 0.15) is 4.90 Å². The van der Waals surface area contributed by atoms with Crippen molar-refractivity contribution in [2.24, 2.45) is 0 Å². The zero-order valence-electron chi connectivity index (χ0n) is 10.8. The summed E-state index contributed by atoms with van der Waals surface area (Å²) in [5, 5.41) is 0. The highest BCUT2D eigenvalue weighted by Gasteiger charge is 2.23. The molecule has 21 heavy (non-hydrogen) atoms. The monoisotopic (exact) mass is 376 g/mol. The Morgan fingerprint density at radius 1 is 1.19 bits per heavy atom. The minimum Gasteiger partial charge on any atom is -0.399 e. The van der Waals surface area contributed by atoms with Crippen molar-refractivity contribution < 1.29 is 17.2 Å². The molecule has 0 heterocycles. The van der Waals surface area contributed by atoms with Gasteiger partial charge in [0.05, 0.1) is 0 Å². The first-order valence-corrected chi connectivity index (χ1v) is 8.02. The third-order valence-corrected chi connectivity index (χ3v) is 4.97. The molecular formula is C13H11BrF2N2O2S. The lowest BCUT2D eigenvalue weighted by atomic mass is 10.2. The molecule has 0 fully saturated rings. The number of aryl methyl sites for hydroxylation is 1. The Labute approximate surface area is 129 Å². The van der Waals surface area contributed by atoms with E-state index in [2.05, 4.69) is 20.7 Å². The Hall–Kier alpha value is -1.67. The summed E-state index contributed by atoms with van der Waals surface area (Å²) in [6.07, 6.45) is 0. The maximum absolute atomic E-state index is 13.7. The molecule has 0 aliphatic carbocycles. The van der Waals surface area contributed by atoms with E-state index in [0.717, 1.165) is 17.7 Å². The van der Waals surface area contributed by atoms with Gasteiger partial charge in [0.25, 0.3) is 10.0 Å². The number of hydrogen-bond donors (Lipinski definition) is 2. The Kier molecular flexibility index (Phi) is 4.20. The first kappa shape index (κ1) is 15.7. The molecule has 8 heteroatoms. The number of benzene rings is 2. The van der Waals surface area contributed by atoms with Crippen LogP contribution in [0.5, 0.6) is 0 Å². The third kappa shape index (κ3) is 3.33. The van der Waals surface area contributed by atoms with Crippen LogP contribution in [0.1, 0.15) is 5.56 Å². The first-order chi connectivity index (χ1) is 9.70. The van der Waals surface area contributed by atoms with Crippen LogP contribution in [0.25, 0.3) is 0 Å². The summed E-state index contributed by atoms with van der Waals surface area (Å²) < 4.78 is 54.1. The van der Waals surface area contributed by atoms with Crippen LogP contribution in [-0.2, 0) is 10.0 Å². The van der Waals surface area contributed by atoms with Crippen LogP contribution in [0, 0.1) is 18.6 Å². The van der Waals surface area contributed by atoms with E-state index in [-0.39, 0.29) is 11.4 Å². The lowest BCUT2D eigenvalue weighted by Gasteiger charge is -2.11. The molecule has 0 amide bonds. The smallest absolute Gasteiger partial charge is 0.265 e. The standard InChI is InChI=1S/C13H11BrF2N2O2S/c1-7-2-3-9(6-10(7)14)18-21(19,20)12-5-8(17)4-11(15)13(12)16/h2-6,18H,17H2,1H3. The van der Waals surface area contributed by atoms with E-state index < -0.39 is 26.6 Å². The quantitative estimate of drug-likeness (QED) is 0.806. The Balaban J connectivity index is 2.45. The third-order valence-electron chi connectivity index (χ3n) is 2.73.